The van der Waals surface area contributed by atoms with Crippen molar-refractivity contribution in [2.75, 3.05) is 7.11 Å². The Bertz CT molecular complexity index is 948. The summed E-state index contributed by atoms with van der Waals surface area (Å²) in [5, 5.41) is 0. The van der Waals surface area contributed by atoms with Crippen LogP contribution in [-0.2, 0) is 19.4 Å². The van der Waals surface area contributed by atoms with Gasteiger partial charge >= 0.3 is 0 Å². The highest BCUT2D eigenvalue weighted by molar-refractivity contribution is 5.49. The summed E-state index contributed by atoms with van der Waals surface area (Å²) in [6.45, 7) is 7.27. The lowest BCUT2D eigenvalue weighted by Gasteiger charge is -2.17. The summed E-state index contributed by atoms with van der Waals surface area (Å²) >= 11 is 0. The maximum atomic E-state index is 6.34. The summed E-state index contributed by atoms with van der Waals surface area (Å²) in [5.41, 5.74) is 7.82. The van der Waals surface area contributed by atoms with E-state index in [4.69, 9.17) is 9.47 Å². The van der Waals surface area contributed by atoms with E-state index in [2.05, 4.69) is 75.4 Å². The zero-order chi connectivity index (χ0) is 22.1. The van der Waals surface area contributed by atoms with Gasteiger partial charge in [-0.3, -0.25) is 0 Å². The second kappa shape index (κ2) is 11.6. The second-order valence-electron chi connectivity index (χ2n) is 8.66. The lowest BCUT2D eigenvalue weighted by atomic mass is 9.98. The molecule has 4 rings (SSSR count). The van der Waals surface area contributed by atoms with Crippen molar-refractivity contribution in [1.29, 1.82) is 0 Å². The van der Waals surface area contributed by atoms with Crippen LogP contribution in [0.1, 0.15) is 63.1 Å². The molecule has 0 heterocycles. The minimum absolute atomic E-state index is 0.571. The number of hydrogen-bond donors (Lipinski definition) is 0. The fraction of sp³-hybridized carbons (Fsp3) is 0.379. The molecule has 0 fully saturated rings. The van der Waals surface area contributed by atoms with Crippen molar-refractivity contribution in [2.24, 2.45) is 0 Å². The molecule has 164 valence electrons. The fourth-order valence-electron chi connectivity index (χ4n) is 3.95. The largest absolute Gasteiger partial charge is 0.496 e. The molecule has 2 bridgehead atoms. The molecule has 0 atom stereocenters. The van der Waals surface area contributed by atoms with Gasteiger partial charge in [-0.05, 0) is 77.0 Å². The molecule has 2 aromatic rings. The van der Waals surface area contributed by atoms with Gasteiger partial charge in [-0.15, -0.1) is 0 Å². The van der Waals surface area contributed by atoms with Crippen LogP contribution < -0.4 is 9.47 Å². The maximum Gasteiger partial charge on any atom is 0.123 e. The molecule has 2 aliphatic rings. The van der Waals surface area contributed by atoms with Crippen molar-refractivity contribution >= 4 is 0 Å². The van der Waals surface area contributed by atoms with Gasteiger partial charge in [-0.25, -0.2) is 0 Å². The van der Waals surface area contributed by atoms with Crippen LogP contribution in [0, 0.1) is 0 Å². The van der Waals surface area contributed by atoms with E-state index in [9.17, 15) is 0 Å². The van der Waals surface area contributed by atoms with E-state index in [1.165, 1.54) is 33.4 Å². The molecule has 0 aromatic heterocycles. The second-order valence-corrected chi connectivity index (χ2v) is 8.66. The zero-order valence-electron chi connectivity index (χ0n) is 19.5. The number of fused-ring (bicyclic) bond motifs is 10. The van der Waals surface area contributed by atoms with Crippen LogP contribution in [0.25, 0.3) is 0 Å². The number of ether oxygens (including phenoxy) is 2. The van der Waals surface area contributed by atoms with Crippen LogP contribution in [0.2, 0.25) is 0 Å². The quantitative estimate of drug-likeness (QED) is 0.474. The van der Waals surface area contributed by atoms with Crippen molar-refractivity contribution in [1.82, 2.24) is 0 Å². The van der Waals surface area contributed by atoms with E-state index in [-0.39, 0.29) is 0 Å². The number of methoxy groups -OCH3 is 1. The molecule has 0 amide bonds. The van der Waals surface area contributed by atoms with Crippen molar-refractivity contribution in [3.05, 3.63) is 94.1 Å². The third-order valence-corrected chi connectivity index (χ3v) is 5.90. The Morgan fingerprint density at radius 1 is 0.742 bits per heavy atom. The minimum Gasteiger partial charge on any atom is -0.496 e. The Labute approximate surface area is 188 Å². The van der Waals surface area contributed by atoms with E-state index in [1.54, 1.807) is 7.11 Å². The molecule has 0 aliphatic heterocycles. The van der Waals surface area contributed by atoms with Crippen molar-refractivity contribution in [2.45, 2.75) is 65.9 Å². The molecular weight excluding hydrogens is 380 g/mol. The maximum absolute atomic E-state index is 6.34. The lowest BCUT2D eigenvalue weighted by Crippen LogP contribution is -2.02. The average molecular weight is 417 g/mol. The summed E-state index contributed by atoms with van der Waals surface area (Å²) in [4.78, 5) is 0. The van der Waals surface area contributed by atoms with Gasteiger partial charge in [-0.2, -0.15) is 0 Å². The van der Waals surface area contributed by atoms with Crippen molar-refractivity contribution < 1.29 is 9.47 Å². The predicted molar refractivity (Wildman–Crippen MR) is 131 cm³/mol. The first-order valence-corrected chi connectivity index (χ1v) is 11.4. The Hall–Kier alpha value is -2.74. The molecule has 31 heavy (non-hydrogen) atoms. The summed E-state index contributed by atoms with van der Waals surface area (Å²) in [7, 11) is 1.76. The minimum atomic E-state index is 0.571. The van der Waals surface area contributed by atoms with E-state index < -0.39 is 0 Å². The van der Waals surface area contributed by atoms with Gasteiger partial charge in [-0.1, -0.05) is 65.3 Å². The summed E-state index contributed by atoms with van der Waals surface area (Å²) in [5.74, 6) is 1.91. The molecule has 0 N–H and O–H groups in total. The highest BCUT2D eigenvalue weighted by Crippen LogP contribution is 2.32. The summed E-state index contributed by atoms with van der Waals surface area (Å²) < 4.78 is 12.1. The van der Waals surface area contributed by atoms with Gasteiger partial charge in [0.25, 0.3) is 0 Å². The molecular formula is C29H36O2. The first kappa shape index (κ1) is 22.9. The van der Waals surface area contributed by atoms with Gasteiger partial charge < -0.3 is 9.47 Å². The Balaban J connectivity index is 1.94. The van der Waals surface area contributed by atoms with Crippen LogP contribution >= 0.6 is 0 Å². The SMILES string of the molecule is COc1cc2c(OCc3ccccc3)cc1C/C=C(/C)CC/C=C(/C)CC/C=C(/C)C2. The van der Waals surface area contributed by atoms with E-state index >= 15 is 0 Å². The topological polar surface area (TPSA) is 18.5 Å². The van der Waals surface area contributed by atoms with Crippen LogP contribution in [-0.4, -0.2) is 7.11 Å². The Morgan fingerprint density at radius 2 is 1.39 bits per heavy atom. The van der Waals surface area contributed by atoms with E-state index in [0.717, 1.165) is 50.0 Å². The molecule has 2 aliphatic carbocycles. The van der Waals surface area contributed by atoms with Crippen molar-refractivity contribution in [3.8, 4) is 11.5 Å². The van der Waals surface area contributed by atoms with Crippen LogP contribution in [0.5, 0.6) is 11.5 Å². The molecule has 0 spiro atoms. The van der Waals surface area contributed by atoms with Crippen LogP contribution in [0.3, 0.4) is 0 Å². The van der Waals surface area contributed by atoms with Gasteiger partial charge in [0.15, 0.2) is 0 Å². The van der Waals surface area contributed by atoms with Gasteiger partial charge in [0.2, 0.25) is 0 Å². The Morgan fingerprint density at radius 3 is 2.10 bits per heavy atom. The predicted octanol–water partition coefficient (Wildman–Crippen LogP) is 7.77. The monoisotopic (exact) mass is 416 g/mol. The van der Waals surface area contributed by atoms with Crippen LogP contribution in [0.15, 0.2) is 77.4 Å². The highest BCUT2D eigenvalue weighted by Gasteiger charge is 2.13. The smallest absolute Gasteiger partial charge is 0.123 e. The van der Waals surface area contributed by atoms with E-state index in [1.807, 2.05) is 6.07 Å². The normalized spacial score (nSPS) is 20.7. The van der Waals surface area contributed by atoms with Gasteiger partial charge in [0.05, 0.1) is 7.11 Å². The number of benzene rings is 2. The fourth-order valence-corrected chi connectivity index (χ4v) is 3.95. The summed E-state index contributed by atoms with van der Waals surface area (Å²) in [6.07, 6.45) is 13.2. The molecule has 0 saturated heterocycles. The summed E-state index contributed by atoms with van der Waals surface area (Å²) in [6, 6.07) is 14.7. The van der Waals surface area contributed by atoms with Gasteiger partial charge in [0.1, 0.15) is 18.1 Å². The van der Waals surface area contributed by atoms with E-state index in [0.29, 0.717) is 6.61 Å². The molecule has 2 aromatic carbocycles. The highest BCUT2D eigenvalue weighted by atomic mass is 16.5. The first-order valence-electron chi connectivity index (χ1n) is 11.4. The number of hydrogen-bond acceptors (Lipinski definition) is 2. The molecule has 2 heteroatoms. The molecule has 0 unspecified atom stereocenters. The third kappa shape index (κ3) is 7.17. The Kier molecular flexibility index (Phi) is 8.58. The van der Waals surface area contributed by atoms with Gasteiger partial charge in [0, 0.05) is 11.1 Å². The lowest BCUT2D eigenvalue weighted by molar-refractivity contribution is 0.302. The van der Waals surface area contributed by atoms with Crippen molar-refractivity contribution in [3.63, 3.8) is 0 Å². The number of rotatable bonds is 4. The average Bonchev–Trinajstić information content (AvgIpc) is 2.77. The molecule has 0 saturated carbocycles. The third-order valence-electron chi connectivity index (χ3n) is 5.90. The number of allylic oxidation sites excluding steroid dienone is 6. The molecule has 2 nitrogen and oxygen atoms in total. The zero-order valence-corrected chi connectivity index (χ0v) is 19.5. The first-order chi connectivity index (χ1) is 15.0. The molecule has 0 radical (unpaired) electrons. The standard InChI is InChI=1S/C29H36O2/c1-22-10-8-12-23(2)16-17-26-19-29(31-21-25-14-6-5-7-15-25)27(20-28(26)30-4)18-24(3)13-9-11-22/h5-7,10,13-16,19-20H,8-9,11-12,17-18,21H2,1-4H3/b22-10-,23-16-,24-13-. The van der Waals surface area contributed by atoms with Crippen LogP contribution in [0.4, 0.5) is 0 Å².